The third-order valence-corrected chi connectivity index (χ3v) is 17.5. The Bertz CT molecular complexity index is 1970. The highest BCUT2D eigenvalue weighted by Gasteiger charge is 2.27. The van der Waals surface area contributed by atoms with Crippen LogP contribution in [-0.2, 0) is 32.7 Å². The van der Waals surface area contributed by atoms with E-state index in [-0.39, 0.29) is 32.0 Å². The molecular weight excluding hydrogens is 1160 g/mol. The molecule has 92 heavy (non-hydrogen) atoms. The summed E-state index contributed by atoms with van der Waals surface area (Å²) in [6.07, 6.45) is 103. The Morgan fingerprint density at radius 3 is 0.924 bits per heavy atom. The van der Waals surface area contributed by atoms with Crippen molar-refractivity contribution in [3.8, 4) is 0 Å². The summed E-state index contributed by atoms with van der Waals surface area (Å²) >= 11 is 0. The zero-order valence-electron chi connectivity index (χ0n) is 60.5. The maximum atomic E-state index is 12.9. The van der Waals surface area contributed by atoms with Gasteiger partial charge in [0.25, 0.3) is 0 Å². The molecule has 0 aliphatic heterocycles. The Labute approximate surface area is 568 Å². The van der Waals surface area contributed by atoms with Crippen molar-refractivity contribution in [2.24, 2.45) is 0 Å². The van der Waals surface area contributed by atoms with Gasteiger partial charge in [-0.2, -0.15) is 0 Å². The number of esters is 2. The number of hydrogen-bond donors (Lipinski definition) is 1. The first-order chi connectivity index (χ1) is 45.0. The lowest BCUT2D eigenvalue weighted by atomic mass is 10.0. The van der Waals surface area contributed by atoms with E-state index in [1.54, 1.807) is 0 Å². The van der Waals surface area contributed by atoms with E-state index in [9.17, 15) is 19.0 Å². The molecule has 0 rings (SSSR count). The zero-order chi connectivity index (χ0) is 66.9. The normalized spacial score (nSPS) is 13.8. The number of carbonyl (C=O) groups is 2. The fourth-order valence-electron chi connectivity index (χ4n) is 10.7. The molecule has 0 bridgehead atoms. The molecular formula is C82H145NO8P+. The van der Waals surface area contributed by atoms with Crippen molar-refractivity contribution in [1.29, 1.82) is 0 Å². The number of allylic oxidation sites excluding steroid dienone is 20. The topological polar surface area (TPSA) is 108 Å². The number of likely N-dealkylation sites (N-methyl/N-ethyl adjacent to an activating group) is 1. The first-order valence-electron chi connectivity index (χ1n) is 38.3. The van der Waals surface area contributed by atoms with Crippen molar-refractivity contribution in [2.45, 2.75) is 341 Å². The van der Waals surface area contributed by atoms with Gasteiger partial charge in [-0.3, -0.25) is 18.6 Å². The summed E-state index contributed by atoms with van der Waals surface area (Å²) in [6, 6.07) is 0. The van der Waals surface area contributed by atoms with Crippen LogP contribution in [0.5, 0.6) is 0 Å². The maximum Gasteiger partial charge on any atom is 0.472 e. The minimum absolute atomic E-state index is 0.0232. The Morgan fingerprint density at radius 2 is 0.620 bits per heavy atom. The molecule has 2 atom stereocenters. The molecule has 0 aromatic heterocycles. The summed E-state index contributed by atoms with van der Waals surface area (Å²) in [4.78, 5) is 35.9. The second-order valence-electron chi connectivity index (χ2n) is 26.7. The fraction of sp³-hybridized carbons (Fsp3) is 0.732. The van der Waals surface area contributed by atoms with E-state index >= 15 is 0 Å². The standard InChI is InChI=1S/C82H144NO8P/c1-6-8-10-12-14-16-18-20-22-24-26-28-30-32-34-35-36-37-38-39-40-41-42-43-44-45-46-47-49-50-52-54-56-58-60-62-64-66-68-70-72-74-81(84)88-78-80(79-90-92(86,87)89-77-76-83(3,4)5)91-82(85)75-73-71-69-67-65-63-61-59-57-55-53-51-48-33-31-29-27-25-23-21-19-17-15-13-11-9-7-2/h9,11,15,17-18,20-21,23-24,26-27,29-30,32-33,48,53,55,59,61,80H,6-8,10,12-14,16,19,22,25,28,31,34-47,49-52,54,56-58,60,62-79H2,1-5H3/p+1/b11-9-,17-15-,20-18-,23-21-,26-24-,29-27-,32-30-,48-33-,55-53-,61-59-. The summed E-state index contributed by atoms with van der Waals surface area (Å²) in [7, 11) is 1.46. The monoisotopic (exact) mass is 1300 g/mol. The number of carbonyl (C=O) groups excluding carboxylic acids is 2. The van der Waals surface area contributed by atoms with Gasteiger partial charge in [0.2, 0.25) is 0 Å². The summed E-state index contributed by atoms with van der Waals surface area (Å²) in [6.45, 7) is 4.31. The van der Waals surface area contributed by atoms with Crippen LogP contribution in [-0.4, -0.2) is 74.9 Å². The summed E-state index contributed by atoms with van der Waals surface area (Å²) in [5, 5.41) is 0. The van der Waals surface area contributed by atoms with Crippen LogP contribution >= 0.6 is 7.82 Å². The highest BCUT2D eigenvalue weighted by atomic mass is 31.2. The first-order valence-corrected chi connectivity index (χ1v) is 39.8. The van der Waals surface area contributed by atoms with E-state index in [2.05, 4.69) is 135 Å². The molecule has 0 aliphatic rings. The van der Waals surface area contributed by atoms with Crippen LogP contribution in [0.2, 0.25) is 0 Å². The number of phosphoric acid groups is 1. The molecule has 0 aliphatic carbocycles. The van der Waals surface area contributed by atoms with Gasteiger partial charge in [0.05, 0.1) is 27.7 Å². The first kappa shape index (κ1) is 88.4. The van der Waals surface area contributed by atoms with Crippen LogP contribution in [0, 0.1) is 0 Å². The van der Waals surface area contributed by atoms with Gasteiger partial charge in [-0.25, -0.2) is 4.57 Å². The third kappa shape index (κ3) is 75.4. The van der Waals surface area contributed by atoms with E-state index < -0.39 is 26.5 Å². The predicted molar refractivity (Wildman–Crippen MR) is 399 cm³/mol. The van der Waals surface area contributed by atoms with Crippen LogP contribution < -0.4 is 0 Å². The number of quaternary nitrogens is 1. The molecule has 0 aromatic rings. The summed E-state index contributed by atoms with van der Waals surface area (Å²) in [5.41, 5.74) is 0. The van der Waals surface area contributed by atoms with Crippen LogP contribution in [0.15, 0.2) is 122 Å². The Hall–Kier alpha value is -3.59. The molecule has 2 unspecified atom stereocenters. The SMILES string of the molecule is CC/C=C\C/C=C\C/C=C\C/C=C\C/C=C\C/C=C\C/C=C\CCCCCCCC(=O)OC(COC(=O)CCCCCCCCCCCCCCCCCCCCCCCCCCCC/C=C\C/C=C\C/C=C\CCCCCCC)COP(=O)(O)OCC[N+](C)(C)C. The zero-order valence-corrected chi connectivity index (χ0v) is 61.4. The molecule has 0 aromatic carbocycles. The summed E-state index contributed by atoms with van der Waals surface area (Å²) < 4.78 is 34.7. The van der Waals surface area contributed by atoms with Crippen molar-refractivity contribution in [1.82, 2.24) is 0 Å². The molecule has 1 N–H and O–H groups in total. The Kier molecular flexibility index (Phi) is 68.9. The lowest BCUT2D eigenvalue weighted by Crippen LogP contribution is -2.37. The van der Waals surface area contributed by atoms with E-state index in [1.165, 1.54) is 193 Å². The van der Waals surface area contributed by atoms with E-state index in [4.69, 9.17) is 18.5 Å². The molecule has 0 radical (unpaired) electrons. The number of nitrogens with zero attached hydrogens (tertiary/aromatic N) is 1. The van der Waals surface area contributed by atoms with Gasteiger partial charge >= 0.3 is 19.8 Å². The largest absolute Gasteiger partial charge is 0.472 e. The lowest BCUT2D eigenvalue weighted by Gasteiger charge is -2.24. The van der Waals surface area contributed by atoms with E-state index in [0.717, 1.165) is 109 Å². The quantitative estimate of drug-likeness (QED) is 0.0211. The van der Waals surface area contributed by atoms with E-state index in [0.29, 0.717) is 17.4 Å². The van der Waals surface area contributed by atoms with Crippen molar-refractivity contribution < 1.29 is 42.1 Å². The number of ether oxygens (including phenoxy) is 2. The number of phosphoric ester groups is 1. The molecule has 0 saturated heterocycles. The third-order valence-electron chi connectivity index (χ3n) is 16.5. The minimum Gasteiger partial charge on any atom is -0.462 e. The van der Waals surface area contributed by atoms with Gasteiger partial charge in [-0.1, -0.05) is 334 Å². The average Bonchev–Trinajstić information content (AvgIpc) is 2.14. The minimum atomic E-state index is -4.41. The second kappa shape index (κ2) is 71.7. The lowest BCUT2D eigenvalue weighted by molar-refractivity contribution is -0.870. The van der Waals surface area contributed by atoms with Gasteiger partial charge in [0.1, 0.15) is 19.8 Å². The number of rotatable bonds is 70. The molecule has 530 valence electrons. The van der Waals surface area contributed by atoms with Gasteiger partial charge in [-0.05, 0) is 109 Å². The molecule has 10 heteroatoms. The van der Waals surface area contributed by atoms with Crippen molar-refractivity contribution in [3.05, 3.63) is 122 Å². The summed E-state index contributed by atoms with van der Waals surface area (Å²) in [5.74, 6) is -0.814. The van der Waals surface area contributed by atoms with Crippen molar-refractivity contribution in [3.63, 3.8) is 0 Å². The van der Waals surface area contributed by atoms with Crippen LogP contribution in [0.4, 0.5) is 0 Å². The molecule has 0 amide bonds. The van der Waals surface area contributed by atoms with Gasteiger partial charge in [0.15, 0.2) is 6.10 Å². The van der Waals surface area contributed by atoms with Crippen molar-refractivity contribution >= 4 is 19.8 Å². The van der Waals surface area contributed by atoms with Crippen LogP contribution in [0.25, 0.3) is 0 Å². The highest BCUT2D eigenvalue weighted by Crippen LogP contribution is 2.43. The van der Waals surface area contributed by atoms with E-state index in [1.807, 2.05) is 21.1 Å². The molecule has 0 spiro atoms. The van der Waals surface area contributed by atoms with Gasteiger partial charge < -0.3 is 18.9 Å². The molecule has 9 nitrogen and oxygen atoms in total. The van der Waals surface area contributed by atoms with Crippen LogP contribution in [0.1, 0.15) is 335 Å². The smallest absolute Gasteiger partial charge is 0.462 e. The van der Waals surface area contributed by atoms with Crippen LogP contribution in [0.3, 0.4) is 0 Å². The predicted octanol–water partition coefficient (Wildman–Crippen LogP) is 25.4. The van der Waals surface area contributed by atoms with Gasteiger partial charge in [0, 0.05) is 12.8 Å². The number of unbranched alkanes of at least 4 members (excludes halogenated alkanes) is 36. The average molecular weight is 1300 g/mol. The second-order valence-corrected chi connectivity index (χ2v) is 28.1. The highest BCUT2D eigenvalue weighted by molar-refractivity contribution is 7.47. The maximum absolute atomic E-state index is 12.9. The molecule has 0 heterocycles. The van der Waals surface area contributed by atoms with Crippen molar-refractivity contribution in [2.75, 3.05) is 47.5 Å². The molecule has 0 saturated carbocycles. The van der Waals surface area contributed by atoms with Gasteiger partial charge in [-0.15, -0.1) is 0 Å². The Balaban J connectivity index is 3.97. The fourth-order valence-corrected chi connectivity index (χ4v) is 11.4. The number of hydrogen-bond acceptors (Lipinski definition) is 7. The molecule has 0 fully saturated rings. The Morgan fingerprint density at radius 1 is 0.348 bits per heavy atom.